The number of fused-ring (bicyclic) bond motifs is 1. The van der Waals surface area contributed by atoms with Crippen LogP contribution in [0.25, 0.3) is 22.4 Å². The van der Waals surface area contributed by atoms with E-state index in [9.17, 15) is 5.11 Å². The normalized spacial score (nSPS) is 14.4. The summed E-state index contributed by atoms with van der Waals surface area (Å²) in [7, 11) is 0. The van der Waals surface area contributed by atoms with Gasteiger partial charge in [-0.3, -0.25) is 0 Å². The van der Waals surface area contributed by atoms with E-state index in [-0.39, 0.29) is 5.88 Å². The largest absolute Gasteiger partial charge is 0.493 e. The Morgan fingerprint density at radius 1 is 1.00 bits per heavy atom. The van der Waals surface area contributed by atoms with Gasteiger partial charge < -0.3 is 19.3 Å². The zero-order valence-electron chi connectivity index (χ0n) is 15.8. The van der Waals surface area contributed by atoms with Crippen molar-refractivity contribution in [2.45, 2.75) is 6.54 Å². The Balaban J connectivity index is 1.66. The van der Waals surface area contributed by atoms with Gasteiger partial charge in [-0.05, 0) is 11.6 Å². The van der Waals surface area contributed by atoms with Crippen LogP contribution in [0.3, 0.4) is 0 Å². The van der Waals surface area contributed by atoms with E-state index in [1.807, 2.05) is 28.8 Å². The zero-order chi connectivity index (χ0) is 19.6. The van der Waals surface area contributed by atoms with Crippen molar-refractivity contribution in [3.05, 3.63) is 60.6 Å². The fourth-order valence-electron chi connectivity index (χ4n) is 3.50. The molecule has 0 unspecified atom stereocenters. The molecule has 146 valence electrons. The SMILES string of the molecule is Oc1cc(-c2nc(N3CCOCC3)nc3c2ncn3Cc2ccccc2)ccn1. The third-order valence-electron chi connectivity index (χ3n) is 4.96. The van der Waals surface area contributed by atoms with Crippen molar-refractivity contribution in [3.8, 4) is 17.1 Å². The quantitative estimate of drug-likeness (QED) is 0.574. The van der Waals surface area contributed by atoms with E-state index in [0.29, 0.717) is 36.9 Å². The molecular formula is C21H20N6O2. The van der Waals surface area contributed by atoms with Crippen LogP contribution in [0.5, 0.6) is 5.88 Å². The summed E-state index contributed by atoms with van der Waals surface area (Å²) in [5, 5.41) is 9.86. The minimum absolute atomic E-state index is 0.0501. The number of aromatic hydroxyl groups is 1. The van der Waals surface area contributed by atoms with Crippen molar-refractivity contribution in [3.63, 3.8) is 0 Å². The smallest absolute Gasteiger partial charge is 0.228 e. The van der Waals surface area contributed by atoms with Gasteiger partial charge in [-0.15, -0.1) is 0 Å². The van der Waals surface area contributed by atoms with Gasteiger partial charge in [0.05, 0.1) is 26.1 Å². The third kappa shape index (κ3) is 3.50. The summed E-state index contributed by atoms with van der Waals surface area (Å²) in [5.74, 6) is 0.591. The van der Waals surface area contributed by atoms with Crippen LogP contribution in [0.1, 0.15) is 5.56 Å². The van der Waals surface area contributed by atoms with Crippen molar-refractivity contribution in [2.75, 3.05) is 31.2 Å². The molecule has 5 rings (SSSR count). The number of aromatic nitrogens is 5. The number of nitrogens with zero attached hydrogens (tertiary/aromatic N) is 6. The molecule has 1 saturated heterocycles. The molecule has 0 amide bonds. The summed E-state index contributed by atoms with van der Waals surface area (Å²) in [6.45, 7) is 3.43. The zero-order valence-corrected chi connectivity index (χ0v) is 15.8. The van der Waals surface area contributed by atoms with Gasteiger partial charge in [-0.25, -0.2) is 15.0 Å². The minimum Gasteiger partial charge on any atom is -0.493 e. The van der Waals surface area contributed by atoms with Crippen LogP contribution < -0.4 is 4.90 Å². The van der Waals surface area contributed by atoms with Gasteiger partial charge >= 0.3 is 0 Å². The molecule has 0 spiro atoms. The Bertz CT molecular complexity index is 1140. The molecule has 1 N–H and O–H groups in total. The van der Waals surface area contributed by atoms with Gasteiger partial charge in [-0.2, -0.15) is 4.98 Å². The van der Waals surface area contributed by atoms with Crippen LogP contribution in [0, 0.1) is 0 Å². The third-order valence-corrected chi connectivity index (χ3v) is 4.96. The van der Waals surface area contributed by atoms with Gasteiger partial charge in [0.1, 0.15) is 11.2 Å². The van der Waals surface area contributed by atoms with Crippen LogP contribution in [-0.4, -0.2) is 55.9 Å². The highest BCUT2D eigenvalue weighted by molar-refractivity contribution is 5.88. The van der Waals surface area contributed by atoms with E-state index in [1.165, 1.54) is 5.56 Å². The van der Waals surface area contributed by atoms with Gasteiger partial charge in [0.2, 0.25) is 11.8 Å². The Kier molecular flexibility index (Phi) is 4.53. The number of ether oxygens (including phenoxy) is 1. The van der Waals surface area contributed by atoms with Crippen LogP contribution in [-0.2, 0) is 11.3 Å². The lowest BCUT2D eigenvalue weighted by molar-refractivity contribution is 0.122. The lowest BCUT2D eigenvalue weighted by Gasteiger charge is -2.27. The standard InChI is InChI=1S/C21H20N6O2/c28-17-12-16(6-7-22-17)18-19-20(25-21(24-18)26-8-10-29-11-9-26)27(14-23-19)13-15-4-2-1-3-5-15/h1-7,12,14H,8-11,13H2,(H,22,28). The average Bonchev–Trinajstić information content (AvgIpc) is 3.17. The number of benzene rings is 1. The van der Waals surface area contributed by atoms with Crippen LogP contribution in [0.4, 0.5) is 5.95 Å². The monoisotopic (exact) mass is 388 g/mol. The number of hydrogen-bond acceptors (Lipinski definition) is 7. The first-order chi connectivity index (χ1) is 14.3. The molecule has 0 radical (unpaired) electrons. The molecule has 8 nitrogen and oxygen atoms in total. The maximum atomic E-state index is 9.86. The fourth-order valence-corrected chi connectivity index (χ4v) is 3.50. The fraction of sp³-hybridized carbons (Fsp3) is 0.238. The summed E-state index contributed by atoms with van der Waals surface area (Å²) in [6, 6.07) is 13.6. The van der Waals surface area contributed by atoms with E-state index in [4.69, 9.17) is 14.7 Å². The molecular weight excluding hydrogens is 368 g/mol. The summed E-state index contributed by atoms with van der Waals surface area (Å²) in [6.07, 6.45) is 3.36. The van der Waals surface area contributed by atoms with E-state index in [2.05, 4.69) is 27.0 Å². The van der Waals surface area contributed by atoms with Crippen molar-refractivity contribution < 1.29 is 9.84 Å². The van der Waals surface area contributed by atoms with Crippen LogP contribution >= 0.6 is 0 Å². The van der Waals surface area contributed by atoms with E-state index < -0.39 is 0 Å². The number of anilines is 1. The number of morpholine rings is 1. The van der Waals surface area contributed by atoms with Crippen molar-refractivity contribution >= 4 is 17.1 Å². The molecule has 29 heavy (non-hydrogen) atoms. The maximum Gasteiger partial charge on any atom is 0.228 e. The summed E-state index contributed by atoms with van der Waals surface area (Å²) < 4.78 is 7.50. The lowest BCUT2D eigenvalue weighted by atomic mass is 10.1. The molecule has 8 heteroatoms. The van der Waals surface area contributed by atoms with Crippen molar-refractivity contribution in [2.24, 2.45) is 0 Å². The first kappa shape index (κ1) is 17.6. The average molecular weight is 388 g/mol. The predicted octanol–water partition coefficient (Wildman–Crippen LogP) is 2.48. The molecule has 4 heterocycles. The van der Waals surface area contributed by atoms with E-state index in [1.54, 1.807) is 18.6 Å². The number of hydrogen-bond donors (Lipinski definition) is 1. The Morgan fingerprint density at radius 3 is 2.62 bits per heavy atom. The minimum atomic E-state index is -0.0501. The van der Waals surface area contributed by atoms with E-state index in [0.717, 1.165) is 24.3 Å². The summed E-state index contributed by atoms with van der Waals surface area (Å²) >= 11 is 0. The molecule has 4 aromatic rings. The predicted molar refractivity (Wildman–Crippen MR) is 109 cm³/mol. The highest BCUT2D eigenvalue weighted by Crippen LogP contribution is 2.29. The molecule has 0 saturated carbocycles. The van der Waals surface area contributed by atoms with Crippen LogP contribution in [0.2, 0.25) is 0 Å². The lowest BCUT2D eigenvalue weighted by Crippen LogP contribution is -2.37. The molecule has 0 bridgehead atoms. The second-order valence-corrected chi connectivity index (χ2v) is 6.90. The van der Waals surface area contributed by atoms with Gasteiger partial charge in [-0.1, -0.05) is 30.3 Å². The highest BCUT2D eigenvalue weighted by atomic mass is 16.5. The highest BCUT2D eigenvalue weighted by Gasteiger charge is 2.20. The Morgan fingerprint density at radius 2 is 1.83 bits per heavy atom. The van der Waals surface area contributed by atoms with Gasteiger partial charge in [0.25, 0.3) is 0 Å². The first-order valence-electron chi connectivity index (χ1n) is 9.53. The second-order valence-electron chi connectivity index (χ2n) is 6.90. The number of rotatable bonds is 4. The van der Waals surface area contributed by atoms with E-state index >= 15 is 0 Å². The Labute approximate surface area is 167 Å². The molecule has 1 aliphatic rings. The topological polar surface area (TPSA) is 89.2 Å². The molecule has 0 atom stereocenters. The second kappa shape index (κ2) is 7.48. The summed E-state index contributed by atoms with van der Waals surface area (Å²) in [4.78, 5) is 20.2. The molecule has 0 aliphatic carbocycles. The molecule has 1 fully saturated rings. The number of imidazole rings is 1. The van der Waals surface area contributed by atoms with Gasteiger partial charge in [0, 0.05) is 30.9 Å². The van der Waals surface area contributed by atoms with Crippen LogP contribution in [0.15, 0.2) is 55.0 Å². The Hall–Kier alpha value is -3.52. The summed E-state index contributed by atoms with van der Waals surface area (Å²) in [5.41, 5.74) is 4.06. The van der Waals surface area contributed by atoms with Crippen molar-refractivity contribution in [1.82, 2.24) is 24.5 Å². The maximum absolute atomic E-state index is 9.86. The first-order valence-corrected chi connectivity index (χ1v) is 9.53. The molecule has 1 aromatic carbocycles. The molecule has 1 aliphatic heterocycles. The van der Waals surface area contributed by atoms with Gasteiger partial charge in [0.15, 0.2) is 5.65 Å². The van der Waals surface area contributed by atoms with Crippen molar-refractivity contribution in [1.29, 1.82) is 0 Å². The number of pyridine rings is 1. The molecule has 3 aromatic heterocycles.